The van der Waals surface area contributed by atoms with Gasteiger partial charge in [0.15, 0.2) is 0 Å². The van der Waals surface area contributed by atoms with Gasteiger partial charge in [-0.3, -0.25) is 4.79 Å². The fourth-order valence-electron chi connectivity index (χ4n) is 2.50. The Bertz CT molecular complexity index is 978. The molecule has 6 nitrogen and oxygen atoms in total. The van der Waals surface area contributed by atoms with Gasteiger partial charge in [-0.1, -0.05) is 31.2 Å². The van der Waals surface area contributed by atoms with Gasteiger partial charge in [0.25, 0.3) is 5.91 Å². The molecule has 0 saturated carbocycles. The summed E-state index contributed by atoms with van der Waals surface area (Å²) in [6, 6.07) is 18.3. The normalized spacial score (nSPS) is 10.0. The fraction of sp³-hybridized carbons (Fsp3) is 0.100. The molecule has 26 heavy (non-hydrogen) atoms. The zero-order valence-electron chi connectivity index (χ0n) is 14.2. The first-order valence-corrected chi connectivity index (χ1v) is 8.18. The minimum Gasteiger partial charge on any atom is -0.340 e. The van der Waals surface area contributed by atoms with Crippen LogP contribution >= 0.6 is 0 Å². The van der Waals surface area contributed by atoms with Crippen LogP contribution in [0, 0.1) is 11.3 Å². The Kier molecular flexibility index (Phi) is 5.20. The van der Waals surface area contributed by atoms with Crippen molar-refractivity contribution >= 4 is 23.1 Å². The van der Waals surface area contributed by atoms with Gasteiger partial charge in [0.2, 0.25) is 0 Å². The predicted octanol–water partition coefficient (Wildman–Crippen LogP) is 3.91. The van der Waals surface area contributed by atoms with Crippen LogP contribution in [0.5, 0.6) is 0 Å². The van der Waals surface area contributed by atoms with Crippen LogP contribution in [-0.4, -0.2) is 15.9 Å². The molecule has 0 saturated heterocycles. The first-order chi connectivity index (χ1) is 12.7. The average Bonchev–Trinajstić information content (AvgIpc) is 2.68. The molecule has 0 aliphatic carbocycles. The molecular weight excluding hydrogens is 326 g/mol. The van der Waals surface area contributed by atoms with Crippen LogP contribution in [0.4, 0.5) is 17.2 Å². The van der Waals surface area contributed by atoms with Gasteiger partial charge in [0.05, 0.1) is 11.6 Å². The van der Waals surface area contributed by atoms with Crippen LogP contribution in [0.15, 0.2) is 60.9 Å². The summed E-state index contributed by atoms with van der Waals surface area (Å²) in [7, 11) is 0. The molecular formula is C20H17N5O. The third-order valence-corrected chi connectivity index (χ3v) is 3.81. The molecule has 1 aromatic heterocycles. The molecule has 0 fully saturated rings. The first kappa shape index (κ1) is 17.1. The highest BCUT2D eigenvalue weighted by Crippen LogP contribution is 2.18. The quantitative estimate of drug-likeness (QED) is 0.733. The molecule has 3 rings (SSSR count). The topological polar surface area (TPSA) is 90.7 Å². The lowest BCUT2D eigenvalue weighted by atomic mass is 10.1. The van der Waals surface area contributed by atoms with Crippen molar-refractivity contribution in [1.82, 2.24) is 9.97 Å². The molecule has 0 bridgehead atoms. The van der Waals surface area contributed by atoms with E-state index in [1.54, 1.807) is 24.3 Å². The zero-order chi connectivity index (χ0) is 18.4. The summed E-state index contributed by atoms with van der Waals surface area (Å²) in [6.07, 6.45) is 2.15. The van der Waals surface area contributed by atoms with Gasteiger partial charge < -0.3 is 10.6 Å². The van der Waals surface area contributed by atoms with Gasteiger partial charge in [-0.15, -0.1) is 0 Å². The number of nitrogens with zero attached hydrogens (tertiary/aromatic N) is 3. The second kappa shape index (κ2) is 7.90. The van der Waals surface area contributed by atoms with Crippen LogP contribution < -0.4 is 10.6 Å². The number of carbonyl (C=O) groups is 1. The van der Waals surface area contributed by atoms with Crippen molar-refractivity contribution in [2.24, 2.45) is 0 Å². The second-order valence-corrected chi connectivity index (χ2v) is 5.57. The maximum Gasteiger partial charge on any atom is 0.274 e. The highest BCUT2D eigenvalue weighted by molar-refractivity contribution is 6.03. The largest absolute Gasteiger partial charge is 0.340 e. The molecule has 1 amide bonds. The number of aryl methyl sites for hydroxylation is 1. The summed E-state index contributed by atoms with van der Waals surface area (Å²) in [5, 5.41) is 14.9. The van der Waals surface area contributed by atoms with Crippen LogP contribution in [0.25, 0.3) is 0 Å². The number of benzene rings is 2. The van der Waals surface area contributed by atoms with Crippen molar-refractivity contribution in [3.63, 3.8) is 0 Å². The Balaban J connectivity index is 1.78. The number of anilines is 3. The Morgan fingerprint density at radius 3 is 2.77 bits per heavy atom. The van der Waals surface area contributed by atoms with Crippen molar-refractivity contribution in [3.05, 3.63) is 77.7 Å². The average molecular weight is 343 g/mol. The summed E-state index contributed by atoms with van der Waals surface area (Å²) in [5.74, 6) is 0.172. The van der Waals surface area contributed by atoms with Crippen LogP contribution in [0.2, 0.25) is 0 Å². The Morgan fingerprint density at radius 2 is 1.96 bits per heavy atom. The number of hydrogen-bond acceptors (Lipinski definition) is 5. The second-order valence-electron chi connectivity index (χ2n) is 5.57. The van der Waals surface area contributed by atoms with Gasteiger partial charge >= 0.3 is 0 Å². The molecule has 2 aromatic carbocycles. The maximum atomic E-state index is 12.5. The van der Waals surface area contributed by atoms with Crippen molar-refractivity contribution in [3.8, 4) is 6.07 Å². The Morgan fingerprint density at radius 1 is 1.12 bits per heavy atom. The molecule has 6 heteroatoms. The zero-order valence-corrected chi connectivity index (χ0v) is 14.2. The minimum atomic E-state index is -0.304. The third kappa shape index (κ3) is 4.02. The predicted molar refractivity (Wildman–Crippen MR) is 100 cm³/mol. The Hall–Kier alpha value is -3.72. The standard InChI is InChI=1S/C20H17N5O/c1-2-15-7-3-4-9-17(15)25-20(26)18-11-19(23-13-22-18)24-16-8-5-6-14(10-16)12-21/h3-11,13H,2H2,1H3,(H,25,26)(H,22,23,24). The molecule has 0 aliphatic heterocycles. The van der Waals surface area contributed by atoms with Crippen molar-refractivity contribution in [1.29, 1.82) is 5.26 Å². The van der Waals surface area contributed by atoms with E-state index in [0.717, 1.165) is 17.7 Å². The van der Waals surface area contributed by atoms with Crippen LogP contribution in [-0.2, 0) is 6.42 Å². The van der Waals surface area contributed by atoms with E-state index in [-0.39, 0.29) is 11.6 Å². The molecule has 0 radical (unpaired) electrons. The smallest absolute Gasteiger partial charge is 0.274 e. The van der Waals surface area contributed by atoms with Crippen molar-refractivity contribution in [2.45, 2.75) is 13.3 Å². The van der Waals surface area contributed by atoms with E-state index in [2.05, 4.69) is 26.7 Å². The molecule has 0 unspecified atom stereocenters. The van der Waals surface area contributed by atoms with E-state index in [1.807, 2.05) is 37.3 Å². The number of carbonyl (C=O) groups excluding carboxylic acids is 1. The maximum absolute atomic E-state index is 12.5. The molecule has 0 spiro atoms. The summed E-state index contributed by atoms with van der Waals surface area (Å²) in [5.41, 5.74) is 3.34. The Labute approximate surface area is 151 Å². The van der Waals surface area contributed by atoms with Crippen molar-refractivity contribution < 1.29 is 4.79 Å². The summed E-state index contributed by atoms with van der Waals surface area (Å²) in [6.45, 7) is 2.03. The molecule has 128 valence electrons. The van der Waals surface area contributed by atoms with E-state index in [9.17, 15) is 4.79 Å². The van der Waals surface area contributed by atoms with E-state index < -0.39 is 0 Å². The van der Waals surface area contributed by atoms with Gasteiger partial charge in [0, 0.05) is 17.4 Å². The minimum absolute atomic E-state index is 0.254. The lowest BCUT2D eigenvalue weighted by Gasteiger charge is -2.10. The van der Waals surface area contributed by atoms with Crippen molar-refractivity contribution in [2.75, 3.05) is 10.6 Å². The number of amides is 1. The summed E-state index contributed by atoms with van der Waals surface area (Å²) in [4.78, 5) is 20.7. The lowest BCUT2D eigenvalue weighted by molar-refractivity contribution is 0.102. The van der Waals surface area contributed by atoms with E-state index in [4.69, 9.17) is 5.26 Å². The molecule has 2 N–H and O–H groups in total. The summed E-state index contributed by atoms with van der Waals surface area (Å²) < 4.78 is 0. The SMILES string of the molecule is CCc1ccccc1NC(=O)c1cc(Nc2cccc(C#N)c2)ncn1. The molecule has 3 aromatic rings. The molecule has 1 heterocycles. The first-order valence-electron chi connectivity index (χ1n) is 8.18. The fourth-order valence-corrected chi connectivity index (χ4v) is 2.50. The van der Waals surface area contributed by atoms with Gasteiger partial charge in [0.1, 0.15) is 17.8 Å². The monoisotopic (exact) mass is 343 g/mol. The number of nitriles is 1. The van der Waals surface area contributed by atoms with E-state index in [1.165, 1.54) is 6.33 Å². The van der Waals surface area contributed by atoms with Gasteiger partial charge in [-0.2, -0.15) is 5.26 Å². The van der Waals surface area contributed by atoms with Gasteiger partial charge in [-0.05, 0) is 36.2 Å². The number of rotatable bonds is 5. The third-order valence-electron chi connectivity index (χ3n) is 3.81. The number of aromatic nitrogens is 2. The highest BCUT2D eigenvalue weighted by Gasteiger charge is 2.11. The molecule has 0 atom stereocenters. The highest BCUT2D eigenvalue weighted by atomic mass is 16.1. The van der Waals surface area contributed by atoms with Crippen LogP contribution in [0.1, 0.15) is 28.5 Å². The number of nitrogens with one attached hydrogen (secondary N) is 2. The summed E-state index contributed by atoms with van der Waals surface area (Å²) >= 11 is 0. The number of hydrogen-bond donors (Lipinski definition) is 2. The van der Waals surface area contributed by atoms with Crippen LogP contribution in [0.3, 0.4) is 0 Å². The number of para-hydroxylation sites is 1. The van der Waals surface area contributed by atoms with E-state index >= 15 is 0 Å². The lowest BCUT2D eigenvalue weighted by Crippen LogP contribution is -2.15. The van der Waals surface area contributed by atoms with E-state index in [0.29, 0.717) is 17.1 Å². The molecule has 0 aliphatic rings. The van der Waals surface area contributed by atoms with Gasteiger partial charge in [-0.25, -0.2) is 9.97 Å².